The summed E-state index contributed by atoms with van der Waals surface area (Å²) in [5, 5.41) is 2.98. The van der Waals surface area contributed by atoms with Crippen molar-refractivity contribution in [2.45, 2.75) is 31.0 Å². The first-order chi connectivity index (χ1) is 11.4. The minimum absolute atomic E-state index is 0.0438. The van der Waals surface area contributed by atoms with E-state index in [1.165, 1.54) is 18.7 Å². The van der Waals surface area contributed by atoms with Crippen LogP contribution in [0.5, 0.6) is 0 Å². The molecule has 130 valence electrons. The number of thioether (sulfide) groups is 1. The molecule has 0 fully saturated rings. The number of amides is 1. The summed E-state index contributed by atoms with van der Waals surface area (Å²) in [6.07, 6.45) is 2.09. The van der Waals surface area contributed by atoms with Gasteiger partial charge in [0.1, 0.15) is 6.29 Å². The van der Waals surface area contributed by atoms with Gasteiger partial charge < -0.3 is 15.1 Å². The van der Waals surface area contributed by atoms with E-state index in [2.05, 4.69) is 15.3 Å². The largest absolute Gasteiger partial charge is 0.346 e. The Hall–Kier alpha value is -2.36. The highest BCUT2D eigenvalue weighted by Crippen LogP contribution is 2.16. The number of aldehydes is 1. The molecule has 0 saturated heterocycles. The van der Waals surface area contributed by atoms with E-state index in [4.69, 9.17) is 0 Å². The molecule has 0 saturated carbocycles. The monoisotopic (exact) mass is 353 g/mol. The van der Waals surface area contributed by atoms with Crippen molar-refractivity contribution in [3.63, 3.8) is 0 Å². The van der Waals surface area contributed by atoms with Gasteiger partial charge in [0, 0.05) is 14.1 Å². The lowest BCUT2D eigenvalue weighted by Gasteiger charge is -2.10. The van der Waals surface area contributed by atoms with Gasteiger partial charge in [-0.3, -0.25) is 18.7 Å². The molecule has 0 radical (unpaired) electrons. The Morgan fingerprint density at radius 2 is 2.08 bits per heavy atom. The van der Waals surface area contributed by atoms with Crippen molar-refractivity contribution in [2.75, 3.05) is 5.75 Å². The topological polar surface area (TPSA) is 119 Å². The van der Waals surface area contributed by atoms with Gasteiger partial charge in [-0.25, -0.2) is 9.78 Å². The predicted octanol–water partition coefficient (Wildman–Crippen LogP) is -0.464. The molecule has 0 aliphatic heterocycles. The Bertz CT molecular complexity index is 882. The van der Waals surface area contributed by atoms with E-state index in [1.807, 2.05) is 6.92 Å². The molecular weight excluding hydrogens is 334 g/mol. The molecule has 24 heavy (non-hydrogen) atoms. The van der Waals surface area contributed by atoms with E-state index >= 15 is 0 Å². The molecule has 2 heterocycles. The maximum Gasteiger partial charge on any atom is 0.332 e. The minimum Gasteiger partial charge on any atom is -0.346 e. The Morgan fingerprint density at radius 1 is 1.38 bits per heavy atom. The van der Waals surface area contributed by atoms with Gasteiger partial charge >= 0.3 is 5.69 Å². The number of aryl methyl sites for hydroxylation is 1. The highest BCUT2D eigenvalue weighted by molar-refractivity contribution is 7.99. The van der Waals surface area contributed by atoms with Gasteiger partial charge in [0.05, 0.1) is 11.8 Å². The molecule has 0 bridgehead atoms. The van der Waals surface area contributed by atoms with Crippen molar-refractivity contribution < 1.29 is 9.59 Å². The SMILES string of the molecule is CCCC(C=O)NC(=O)CSc1nc2c([nH]1)c(=O)n(C)c(=O)n2C. The van der Waals surface area contributed by atoms with Crippen molar-refractivity contribution >= 4 is 35.1 Å². The van der Waals surface area contributed by atoms with Crippen LogP contribution in [0, 0.1) is 0 Å². The molecule has 2 aromatic heterocycles. The second-order valence-corrected chi connectivity index (χ2v) is 6.30. The number of rotatable bonds is 7. The summed E-state index contributed by atoms with van der Waals surface area (Å²) < 4.78 is 2.25. The number of carbonyl (C=O) groups excluding carboxylic acids is 2. The molecule has 1 atom stereocenters. The summed E-state index contributed by atoms with van der Waals surface area (Å²) in [6.45, 7) is 1.93. The molecule has 10 heteroatoms. The quantitative estimate of drug-likeness (QED) is 0.513. The molecule has 2 aromatic rings. The molecule has 2 rings (SSSR count). The molecule has 0 aromatic carbocycles. The first-order valence-electron chi connectivity index (χ1n) is 7.42. The molecule has 9 nitrogen and oxygen atoms in total. The lowest BCUT2D eigenvalue weighted by molar-refractivity contribution is -0.121. The van der Waals surface area contributed by atoms with Gasteiger partial charge in [0.25, 0.3) is 5.56 Å². The fourth-order valence-corrected chi connectivity index (χ4v) is 2.92. The van der Waals surface area contributed by atoms with Crippen molar-refractivity contribution in [1.29, 1.82) is 0 Å². The summed E-state index contributed by atoms with van der Waals surface area (Å²) in [7, 11) is 2.91. The molecule has 1 amide bonds. The van der Waals surface area contributed by atoms with Gasteiger partial charge in [-0.2, -0.15) is 0 Å². The fraction of sp³-hybridized carbons (Fsp3) is 0.500. The number of aromatic amines is 1. The van der Waals surface area contributed by atoms with Crippen LogP contribution in [0.4, 0.5) is 0 Å². The fourth-order valence-electron chi connectivity index (χ4n) is 2.24. The summed E-state index contributed by atoms with van der Waals surface area (Å²) in [6, 6.07) is -0.494. The number of aromatic nitrogens is 4. The van der Waals surface area contributed by atoms with Crippen LogP contribution in [0.3, 0.4) is 0 Å². The highest BCUT2D eigenvalue weighted by atomic mass is 32.2. The van der Waals surface area contributed by atoms with Crippen molar-refractivity contribution in [3.05, 3.63) is 20.8 Å². The number of imidazole rings is 1. The normalized spacial score (nSPS) is 12.3. The Morgan fingerprint density at radius 3 is 2.71 bits per heavy atom. The molecule has 2 N–H and O–H groups in total. The zero-order chi connectivity index (χ0) is 17.9. The predicted molar refractivity (Wildman–Crippen MR) is 90.2 cm³/mol. The molecule has 0 aliphatic rings. The lowest BCUT2D eigenvalue weighted by Crippen LogP contribution is -2.37. The van der Waals surface area contributed by atoms with E-state index in [9.17, 15) is 19.2 Å². The zero-order valence-electron chi connectivity index (χ0n) is 13.7. The number of nitrogens with zero attached hydrogens (tertiary/aromatic N) is 3. The first kappa shape index (κ1) is 18.0. The Kier molecular flexibility index (Phi) is 5.60. The second kappa shape index (κ2) is 7.47. The molecule has 0 aliphatic carbocycles. The third-order valence-corrected chi connectivity index (χ3v) is 4.40. The van der Waals surface area contributed by atoms with Gasteiger partial charge in [-0.05, 0) is 6.42 Å². The smallest absolute Gasteiger partial charge is 0.332 e. The maximum absolute atomic E-state index is 12.1. The van der Waals surface area contributed by atoms with Crippen molar-refractivity contribution in [3.8, 4) is 0 Å². The van der Waals surface area contributed by atoms with Gasteiger partial charge in [0.15, 0.2) is 16.3 Å². The van der Waals surface area contributed by atoms with Crippen LogP contribution in [0.15, 0.2) is 14.7 Å². The van der Waals surface area contributed by atoms with E-state index in [0.29, 0.717) is 17.9 Å². The molecule has 0 spiro atoms. The lowest BCUT2D eigenvalue weighted by atomic mass is 10.2. The first-order valence-corrected chi connectivity index (χ1v) is 8.40. The van der Waals surface area contributed by atoms with Crippen molar-refractivity contribution in [2.24, 2.45) is 14.1 Å². The van der Waals surface area contributed by atoms with Crippen LogP contribution < -0.4 is 16.6 Å². The standard InChI is InChI=1S/C14H19N5O4S/c1-4-5-8(6-20)15-9(21)7-24-13-16-10-11(17-13)18(2)14(23)19(3)12(10)22/h6,8H,4-5,7H2,1-3H3,(H,15,21)(H,16,17). The van der Waals surface area contributed by atoms with E-state index in [-0.39, 0.29) is 22.8 Å². The maximum atomic E-state index is 12.1. The van der Waals surface area contributed by atoms with Crippen LogP contribution in [-0.4, -0.2) is 43.1 Å². The van der Waals surface area contributed by atoms with Gasteiger partial charge in [-0.1, -0.05) is 25.1 Å². The van der Waals surface area contributed by atoms with E-state index in [1.54, 1.807) is 0 Å². The third kappa shape index (κ3) is 3.58. The van der Waals surface area contributed by atoms with E-state index in [0.717, 1.165) is 22.7 Å². The third-order valence-electron chi connectivity index (χ3n) is 3.52. The van der Waals surface area contributed by atoms with Crippen LogP contribution in [0.1, 0.15) is 19.8 Å². The average Bonchev–Trinajstić information content (AvgIpc) is 3.00. The highest BCUT2D eigenvalue weighted by Gasteiger charge is 2.15. The summed E-state index contributed by atoms with van der Waals surface area (Å²) >= 11 is 1.10. The number of nitrogens with one attached hydrogen (secondary N) is 2. The molecule has 1 unspecified atom stereocenters. The summed E-state index contributed by atoms with van der Waals surface area (Å²) in [4.78, 5) is 53.7. The Labute approximate surface area is 141 Å². The number of hydrogen-bond acceptors (Lipinski definition) is 6. The average molecular weight is 353 g/mol. The second-order valence-electron chi connectivity index (χ2n) is 5.33. The van der Waals surface area contributed by atoms with Crippen LogP contribution in [-0.2, 0) is 23.7 Å². The van der Waals surface area contributed by atoms with Crippen LogP contribution in [0.2, 0.25) is 0 Å². The zero-order valence-corrected chi connectivity index (χ0v) is 14.5. The minimum atomic E-state index is -0.494. The van der Waals surface area contributed by atoms with E-state index < -0.39 is 17.3 Å². The number of hydrogen-bond donors (Lipinski definition) is 2. The Balaban J connectivity index is 2.14. The van der Waals surface area contributed by atoms with Gasteiger partial charge in [-0.15, -0.1) is 0 Å². The van der Waals surface area contributed by atoms with Crippen LogP contribution >= 0.6 is 11.8 Å². The summed E-state index contributed by atoms with van der Waals surface area (Å²) in [5.41, 5.74) is -0.496. The number of H-pyrrole nitrogens is 1. The number of fused-ring (bicyclic) bond motifs is 1. The van der Waals surface area contributed by atoms with Gasteiger partial charge in [0.2, 0.25) is 5.91 Å². The van der Waals surface area contributed by atoms with Crippen molar-refractivity contribution in [1.82, 2.24) is 24.4 Å². The summed E-state index contributed by atoms with van der Waals surface area (Å²) in [5.74, 6) is -0.255. The molecular formula is C14H19N5O4S. The van der Waals surface area contributed by atoms with Crippen LogP contribution in [0.25, 0.3) is 11.2 Å². The number of carbonyl (C=O) groups is 2.